The summed E-state index contributed by atoms with van der Waals surface area (Å²) in [7, 11) is 3.24. The van der Waals surface area contributed by atoms with Crippen LogP contribution in [0.3, 0.4) is 0 Å². The molecule has 6 heteroatoms. The van der Waals surface area contributed by atoms with Crippen LogP contribution in [-0.2, 0) is 11.3 Å². The molecule has 2 N–H and O–H groups in total. The minimum absolute atomic E-state index is 0.0737. The molecule has 0 aliphatic heterocycles. The van der Waals surface area contributed by atoms with Crippen molar-refractivity contribution in [2.45, 2.75) is 6.54 Å². The number of rotatable bonds is 10. The van der Waals surface area contributed by atoms with Crippen molar-refractivity contribution in [2.75, 3.05) is 33.9 Å². The van der Waals surface area contributed by atoms with E-state index >= 15 is 0 Å². The van der Waals surface area contributed by atoms with Crippen LogP contribution in [0.1, 0.15) is 5.56 Å². The molecule has 0 aliphatic carbocycles. The number of carbonyl (C=O) groups is 1. The molecule has 2 rings (SSSR count). The minimum atomic E-state index is -0.0737. The molecule has 0 aromatic heterocycles. The highest BCUT2D eigenvalue weighted by molar-refractivity contribution is 5.78. The van der Waals surface area contributed by atoms with Gasteiger partial charge in [-0.25, -0.2) is 0 Å². The van der Waals surface area contributed by atoms with Crippen LogP contribution in [0.15, 0.2) is 48.5 Å². The van der Waals surface area contributed by atoms with Gasteiger partial charge in [0.05, 0.1) is 20.8 Å². The van der Waals surface area contributed by atoms with E-state index in [2.05, 4.69) is 10.6 Å². The molecule has 25 heavy (non-hydrogen) atoms. The summed E-state index contributed by atoms with van der Waals surface area (Å²) in [6.07, 6.45) is 0. The van der Waals surface area contributed by atoms with Gasteiger partial charge in [0.1, 0.15) is 23.9 Å². The molecular formula is C19H24N2O4. The first-order chi connectivity index (χ1) is 12.2. The second kappa shape index (κ2) is 10.2. The average Bonchev–Trinajstić information content (AvgIpc) is 2.66. The molecule has 0 saturated carbocycles. The van der Waals surface area contributed by atoms with Crippen molar-refractivity contribution in [3.8, 4) is 17.2 Å². The van der Waals surface area contributed by atoms with Gasteiger partial charge >= 0.3 is 0 Å². The van der Waals surface area contributed by atoms with Gasteiger partial charge in [-0.1, -0.05) is 18.2 Å². The fraction of sp³-hybridized carbons (Fsp3) is 0.316. The predicted octanol–water partition coefficient (Wildman–Crippen LogP) is 1.99. The summed E-state index contributed by atoms with van der Waals surface area (Å²) < 4.78 is 15.9. The monoisotopic (exact) mass is 344 g/mol. The fourth-order valence-corrected chi connectivity index (χ4v) is 2.22. The number of nitrogens with one attached hydrogen (secondary N) is 2. The van der Waals surface area contributed by atoms with Gasteiger partial charge in [0.25, 0.3) is 0 Å². The van der Waals surface area contributed by atoms with E-state index in [1.54, 1.807) is 14.2 Å². The molecule has 134 valence electrons. The maximum atomic E-state index is 11.9. The molecule has 0 unspecified atom stereocenters. The average molecular weight is 344 g/mol. The van der Waals surface area contributed by atoms with Gasteiger partial charge in [-0.3, -0.25) is 4.79 Å². The summed E-state index contributed by atoms with van der Waals surface area (Å²) in [5.74, 6) is 2.25. The summed E-state index contributed by atoms with van der Waals surface area (Å²) in [5, 5.41) is 5.91. The summed E-state index contributed by atoms with van der Waals surface area (Å²) in [6.45, 7) is 1.73. The number of carbonyl (C=O) groups excluding carboxylic acids is 1. The Hall–Kier alpha value is -2.73. The fourth-order valence-electron chi connectivity index (χ4n) is 2.22. The largest absolute Gasteiger partial charge is 0.497 e. The lowest BCUT2D eigenvalue weighted by atomic mass is 10.2. The first kappa shape index (κ1) is 18.6. The molecule has 0 radical (unpaired) electrons. The lowest BCUT2D eigenvalue weighted by Crippen LogP contribution is -2.35. The molecule has 0 heterocycles. The van der Waals surface area contributed by atoms with Gasteiger partial charge in [-0.15, -0.1) is 0 Å². The van der Waals surface area contributed by atoms with Crippen LogP contribution in [0.4, 0.5) is 0 Å². The van der Waals surface area contributed by atoms with E-state index in [0.29, 0.717) is 19.7 Å². The Morgan fingerprint density at radius 2 is 1.68 bits per heavy atom. The lowest BCUT2D eigenvalue weighted by Gasteiger charge is -2.10. The van der Waals surface area contributed by atoms with Crippen molar-refractivity contribution < 1.29 is 19.0 Å². The second-order valence-electron chi connectivity index (χ2n) is 5.29. The van der Waals surface area contributed by atoms with E-state index in [1.807, 2.05) is 48.5 Å². The topological polar surface area (TPSA) is 68.8 Å². The zero-order valence-corrected chi connectivity index (χ0v) is 14.6. The summed E-state index contributed by atoms with van der Waals surface area (Å²) in [4.78, 5) is 11.9. The summed E-state index contributed by atoms with van der Waals surface area (Å²) >= 11 is 0. The van der Waals surface area contributed by atoms with E-state index < -0.39 is 0 Å². The normalized spacial score (nSPS) is 10.2. The molecular weight excluding hydrogens is 320 g/mol. The minimum Gasteiger partial charge on any atom is -0.497 e. The zero-order valence-electron chi connectivity index (χ0n) is 14.6. The van der Waals surface area contributed by atoms with Crippen LogP contribution in [-0.4, -0.2) is 39.8 Å². The van der Waals surface area contributed by atoms with Gasteiger partial charge in [-0.2, -0.15) is 0 Å². The number of benzene rings is 2. The van der Waals surface area contributed by atoms with Gasteiger partial charge in [-0.05, 0) is 30.3 Å². The molecule has 0 saturated heterocycles. The zero-order chi connectivity index (χ0) is 17.9. The maximum absolute atomic E-state index is 11.9. The first-order valence-corrected chi connectivity index (χ1v) is 8.09. The molecule has 2 aromatic rings. The molecule has 0 fully saturated rings. The highest BCUT2D eigenvalue weighted by atomic mass is 16.5. The van der Waals surface area contributed by atoms with E-state index in [-0.39, 0.29) is 12.5 Å². The summed E-state index contributed by atoms with van der Waals surface area (Å²) in [6, 6.07) is 15.0. The lowest BCUT2D eigenvalue weighted by molar-refractivity contribution is -0.120. The van der Waals surface area contributed by atoms with Gasteiger partial charge in [0, 0.05) is 18.7 Å². The smallest absolute Gasteiger partial charge is 0.234 e. The van der Waals surface area contributed by atoms with E-state index in [1.165, 1.54) is 0 Å². The Bertz CT molecular complexity index is 659. The van der Waals surface area contributed by atoms with E-state index in [4.69, 9.17) is 14.2 Å². The molecule has 0 aliphatic rings. The molecule has 2 aromatic carbocycles. The highest BCUT2D eigenvalue weighted by Gasteiger charge is 2.04. The van der Waals surface area contributed by atoms with Crippen molar-refractivity contribution in [1.29, 1.82) is 0 Å². The standard InChI is InChI=1S/C19H24N2O4/c1-23-16-7-9-17(10-8-16)25-12-11-20-14-19(22)21-13-15-5-3-4-6-18(15)24-2/h3-10,20H,11-14H2,1-2H3,(H,21,22). The van der Waals surface area contributed by atoms with Gasteiger partial charge in [0.2, 0.25) is 5.91 Å². The third-order valence-corrected chi connectivity index (χ3v) is 3.56. The number of hydrogen-bond donors (Lipinski definition) is 2. The number of amides is 1. The van der Waals surface area contributed by atoms with Gasteiger partial charge < -0.3 is 24.8 Å². The number of hydrogen-bond acceptors (Lipinski definition) is 5. The van der Waals surface area contributed by atoms with Crippen LogP contribution in [0.25, 0.3) is 0 Å². The first-order valence-electron chi connectivity index (χ1n) is 8.09. The van der Waals surface area contributed by atoms with Crippen molar-refractivity contribution >= 4 is 5.91 Å². The van der Waals surface area contributed by atoms with Crippen molar-refractivity contribution in [3.63, 3.8) is 0 Å². The molecule has 6 nitrogen and oxygen atoms in total. The molecule has 0 spiro atoms. The Morgan fingerprint density at radius 3 is 2.40 bits per heavy atom. The van der Waals surface area contributed by atoms with Crippen LogP contribution in [0.5, 0.6) is 17.2 Å². The van der Waals surface area contributed by atoms with Crippen LogP contribution in [0.2, 0.25) is 0 Å². The Balaban J connectivity index is 1.60. The number of para-hydroxylation sites is 1. The number of methoxy groups -OCH3 is 2. The van der Waals surface area contributed by atoms with Crippen molar-refractivity contribution in [3.05, 3.63) is 54.1 Å². The predicted molar refractivity (Wildman–Crippen MR) is 96.2 cm³/mol. The quantitative estimate of drug-likeness (QED) is 0.645. The third kappa shape index (κ3) is 6.35. The summed E-state index contributed by atoms with van der Waals surface area (Å²) in [5.41, 5.74) is 0.946. The van der Waals surface area contributed by atoms with Crippen LogP contribution < -0.4 is 24.8 Å². The Morgan fingerprint density at radius 1 is 0.960 bits per heavy atom. The SMILES string of the molecule is COc1ccc(OCCNCC(=O)NCc2ccccc2OC)cc1. The number of ether oxygens (including phenoxy) is 3. The Labute approximate surface area is 148 Å². The van der Waals surface area contributed by atoms with E-state index in [9.17, 15) is 4.79 Å². The molecule has 0 atom stereocenters. The van der Waals surface area contributed by atoms with Crippen molar-refractivity contribution in [1.82, 2.24) is 10.6 Å². The molecule has 1 amide bonds. The van der Waals surface area contributed by atoms with Crippen LogP contribution in [0, 0.1) is 0 Å². The Kier molecular flexibility index (Phi) is 7.59. The van der Waals surface area contributed by atoms with Gasteiger partial charge in [0.15, 0.2) is 0 Å². The van der Waals surface area contributed by atoms with Crippen LogP contribution >= 0.6 is 0 Å². The third-order valence-electron chi connectivity index (χ3n) is 3.56. The maximum Gasteiger partial charge on any atom is 0.234 e. The highest BCUT2D eigenvalue weighted by Crippen LogP contribution is 2.17. The molecule has 0 bridgehead atoms. The van der Waals surface area contributed by atoms with Crippen molar-refractivity contribution in [2.24, 2.45) is 0 Å². The van der Waals surface area contributed by atoms with E-state index in [0.717, 1.165) is 22.8 Å². The second-order valence-corrected chi connectivity index (χ2v) is 5.29.